The average Bonchev–Trinajstić information content (AvgIpc) is 2.63. The van der Waals surface area contributed by atoms with Crippen LogP contribution in [0.15, 0.2) is 41.0 Å². The van der Waals surface area contributed by atoms with Crippen LogP contribution in [0.25, 0.3) is 0 Å². The first-order chi connectivity index (χ1) is 12.5. The number of halogens is 1. The Hall–Kier alpha value is -1.92. The molecule has 1 fully saturated rings. The number of hydrogen-bond acceptors (Lipinski definition) is 4. The summed E-state index contributed by atoms with van der Waals surface area (Å²) >= 11 is 5.69. The van der Waals surface area contributed by atoms with E-state index >= 15 is 0 Å². The lowest BCUT2D eigenvalue weighted by Crippen LogP contribution is -2.49. The minimum atomic E-state index is -1.01. The maximum absolute atomic E-state index is 12.4. The molecule has 0 atom stereocenters. The van der Waals surface area contributed by atoms with Crippen LogP contribution in [-0.4, -0.2) is 44.2 Å². The summed E-state index contributed by atoms with van der Waals surface area (Å²) in [5.74, 6) is 0.122. The number of amides is 1. The minimum absolute atomic E-state index is 0. The zero-order valence-electron chi connectivity index (χ0n) is 14.7. The molecule has 1 aliphatic heterocycles. The number of piperidine rings is 1. The molecule has 1 aromatic rings. The SMILES string of the molecule is O=C(CCC1=CCCC=C1)N1CCC(O)(Cn2cnc(Cl)cc2=O)CC1.[HH]. The molecule has 142 valence electrons. The third kappa shape index (κ3) is 4.83. The van der Waals surface area contributed by atoms with Crippen LogP contribution in [0.1, 0.15) is 40.0 Å². The number of rotatable bonds is 5. The summed E-state index contributed by atoms with van der Waals surface area (Å²) in [5.41, 5.74) is -0.0661. The number of aromatic nitrogens is 2. The molecule has 0 unspecified atom stereocenters. The van der Waals surface area contributed by atoms with Crippen LogP contribution < -0.4 is 5.56 Å². The Labute approximate surface area is 159 Å². The average molecular weight is 380 g/mol. The van der Waals surface area contributed by atoms with Crippen LogP contribution in [0.5, 0.6) is 0 Å². The fraction of sp³-hybridized carbons (Fsp3) is 0.526. The summed E-state index contributed by atoms with van der Waals surface area (Å²) in [7, 11) is 0. The van der Waals surface area contributed by atoms with Crippen molar-refractivity contribution in [2.45, 2.75) is 50.7 Å². The summed E-state index contributed by atoms with van der Waals surface area (Å²) < 4.78 is 1.37. The second kappa shape index (κ2) is 8.18. The lowest BCUT2D eigenvalue weighted by Gasteiger charge is -2.38. The highest BCUT2D eigenvalue weighted by Crippen LogP contribution is 2.25. The van der Waals surface area contributed by atoms with Crippen LogP contribution >= 0.6 is 11.6 Å². The number of likely N-dealkylation sites (tertiary alicyclic amines) is 1. The van der Waals surface area contributed by atoms with Crippen LogP contribution in [0.2, 0.25) is 5.15 Å². The predicted octanol–water partition coefficient (Wildman–Crippen LogP) is 2.55. The fourth-order valence-electron chi connectivity index (χ4n) is 3.43. The molecule has 2 aliphatic rings. The zero-order chi connectivity index (χ0) is 18.6. The number of hydrogen-bond donors (Lipinski definition) is 1. The second-order valence-electron chi connectivity index (χ2n) is 7.04. The molecule has 1 N–H and O–H groups in total. The van der Waals surface area contributed by atoms with Gasteiger partial charge in [0.1, 0.15) is 5.15 Å². The minimum Gasteiger partial charge on any atom is -0.388 e. The van der Waals surface area contributed by atoms with Gasteiger partial charge in [-0.25, -0.2) is 4.98 Å². The van der Waals surface area contributed by atoms with Gasteiger partial charge in [0.15, 0.2) is 0 Å². The highest BCUT2D eigenvalue weighted by atomic mass is 35.5. The van der Waals surface area contributed by atoms with E-state index in [0.29, 0.717) is 32.4 Å². The Morgan fingerprint density at radius 2 is 2.12 bits per heavy atom. The van der Waals surface area contributed by atoms with E-state index in [2.05, 4.69) is 23.2 Å². The molecule has 0 radical (unpaired) electrons. The molecule has 1 aliphatic carbocycles. The standard InChI is InChI=1S/C19H24ClN3O3.H2/c20-16-12-18(25)23(14-21-16)13-19(26)8-10-22(11-9-19)17(24)7-6-15-4-2-1-3-5-15;/h2,4-5,12,14,26H,1,3,6-11,13H2;1H. The highest BCUT2D eigenvalue weighted by molar-refractivity contribution is 6.29. The van der Waals surface area contributed by atoms with Crippen molar-refractivity contribution in [2.75, 3.05) is 13.1 Å². The van der Waals surface area contributed by atoms with E-state index in [0.717, 1.165) is 19.3 Å². The maximum Gasteiger partial charge on any atom is 0.254 e. The highest BCUT2D eigenvalue weighted by Gasteiger charge is 2.34. The van der Waals surface area contributed by atoms with E-state index in [9.17, 15) is 14.7 Å². The second-order valence-corrected chi connectivity index (χ2v) is 7.43. The molecule has 6 nitrogen and oxygen atoms in total. The molecular formula is C19H26ClN3O3. The fourth-order valence-corrected chi connectivity index (χ4v) is 3.57. The van der Waals surface area contributed by atoms with E-state index in [1.807, 2.05) is 4.90 Å². The van der Waals surface area contributed by atoms with Gasteiger partial charge >= 0.3 is 0 Å². The van der Waals surface area contributed by atoms with Crippen molar-refractivity contribution < 1.29 is 11.3 Å². The van der Waals surface area contributed by atoms with Crippen molar-refractivity contribution in [2.24, 2.45) is 0 Å². The van der Waals surface area contributed by atoms with Gasteiger partial charge in [0, 0.05) is 27.0 Å². The van der Waals surface area contributed by atoms with E-state index < -0.39 is 5.60 Å². The Balaban J connectivity index is 0.00000261. The summed E-state index contributed by atoms with van der Waals surface area (Å²) in [6.45, 7) is 1.16. The first-order valence-electron chi connectivity index (χ1n) is 9.03. The van der Waals surface area contributed by atoms with E-state index in [1.54, 1.807) is 0 Å². The number of allylic oxidation sites excluding steroid dienone is 4. The molecule has 1 aromatic heterocycles. The van der Waals surface area contributed by atoms with Crippen molar-refractivity contribution in [3.63, 3.8) is 0 Å². The number of carbonyl (C=O) groups excluding carboxylic acids is 1. The number of nitrogens with zero attached hydrogens (tertiary/aromatic N) is 3. The summed E-state index contributed by atoms with van der Waals surface area (Å²) in [5, 5.41) is 10.9. The molecule has 26 heavy (non-hydrogen) atoms. The lowest BCUT2D eigenvalue weighted by atomic mass is 9.91. The van der Waals surface area contributed by atoms with E-state index in [4.69, 9.17) is 11.6 Å². The van der Waals surface area contributed by atoms with E-state index in [1.165, 1.54) is 22.5 Å². The largest absolute Gasteiger partial charge is 0.388 e. The molecule has 0 saturated carbocycles. The van der Waals surface area contributed by atoms with Crippen molar-refractivity contribution >= 4 is 17.5 Å². The number of aliphatic hydroxyl groups is 1. The third-order valence-corrected chi connectivity index (χ3v) is 5.26. The van der Waals surface area contributed by atoms with Gasteiger partial charge in [-0.1, -0.05) is 35.4 Å². The molecule has 2 heterocycles. The van der Waals surface area contributed by atoms with Crippen LogP contribution in [0, 0.1) is 0 Å². The first kappa shape index (κ1) is 18.9. The summed E-state index contributed by atoms with van der Waals surface area (Å²) in [6, 6.07) is 1.23. The smallest absolute Gasteiger partial charge is 0.254 e. The predicted molar refractivity (Wildman–Crippen MR) is 102 cm³/mol. The first-order valence-corrected chi connectivity index (χ1v) is 9.41. The Bertz CT molecular complexity index is 783. The monoisotopic (exact) mass is 379 g/mol. The van der Waals surface area contributed by atoms with Gasteiger partial charge in [-0.3, -0.25) is 14.2 Å². The van der Waals surface area contributed by atoms with Gasteiger partial charge in [-0.15, -0.1) is 0 Å². The molecule has 1 amide bonds. The van der Waals surface area contributed by atoms with Crippen molar-refractivity contribution in [3.05, 3.63) is 51.7 Å². The van der Waals surface area contributed by atoms with Gasteiger partial charge in [-0.2, -0.15) is 0 Å². The van der Waals surface area contributed by atoms with Crippen molar-refractivity contribution in [1.82, 2.24) is 14.5 Å². The zero-order valence-corrected chi connectivity index (χ0v) is 15.5. The Morgan fingerprint density at radius 3 is 2.77 bits per heavy atom. The molecule has 0 aromatic carbocycles. The van der Waals surface area contributed by atoms with Crippen LogP contribution in [0.3, 0.4) is 0 Å². The maximum atomic E-state index is 12.4. The van der Waals surface area contributed by atoms with E-state index in [-0.39, 0.29) is 24.6 Å². The lowest BCUT2D eigenvalue weighted by molar-refractivity contribution is -0.135. The van der Waals surface area contributed by atoms with Crippen molar-refractivity contribution in [1.29, 1.82) is 0 Å². The third-order valence-electron chi connectivity index (χ3n) is 5.06. The van der Waals surface area contributed by atoms with Crippen LogP contribution in [0.4, 0.5) is 0 Å². The molecular weight excluding hydrogens is 354 g/mol. The topological polar surface area (TPSA) is 75.4 Å². The van der Waals surface area contributed by atoms with Crippen LogP contribution in [-0.2, 0) is 11.3 Å². The van der Waals surface area contributed by atoms with Gasteiger partial charge < -0.3 is 10.0 Å². The molecule has 0 spiro atoms. The quantitative estimate of drug-likeness (QED) is 0.798. The molecule has 3 rings (SSSR count). The van der Waals surface area contributed by atoms with Gasteiger partial charge in [-0.05, 0) is 32.1 Å². The Morgan fingerprint density at radius 1 is 1.35 bits per heavy atom. The molecule has 7 heteroatoms. The van der Waals surface area contributed by atoms with Gasteiger partial charge in [0.2, 0.25) is 5.91 Å². The molecule has 1 saturated heterocycles. The normalized spacial score (nSPS) is 19.3. The summed E-state index contributed by atoms with van der Waals surface area (Å²) in [4.78, 5) is 30.0. The van der Waals surface area contributed by atoms with Gasteiger partial charge in [0.05, 0.1) is 18.5 Å². The number of carbonyl (C=O) groups is 1. The van der Waals surface area contributed by atoms with Gasteiger partial charge in [0.25, 0.3) is 5.56 Å². The van der Waals surface area contributed by atoms with Crippen molar-refractivity contribution in [3.8, 4) is 0 Å². The Kier molecular flexibility index (Phi) is 5.94. The molecule has 0 bridgehead atoms. The summed E-state index contributed by atoms with van der Waals surface area (Å²) in [6.07, 6.45) is 12.1.